The van der Waals surface area contributed by atoms with Crippen LogP contribution in [0.1, 0.15) is 33.1 Å². The van der Waals surface area contributed by atoms with Gasteiger partial charge >= 0.3 is 0 Å². The molecule has 0 spiro atoms. The molecule has 88 valence electrons. The van der Waals surface area contributed by atoms with Crippen LogP contribution in [-0.4, -0.2) is 37.8 Å². The Balaban J connectivity index is 1.94. The van der Waals surface area contributed by atoms with Crippen LogP contribution in [0.2, 0.25) is 0 Å². The lowest BCUT2D eigenvalue weighted by molar-refractivity contribution is 0.0907. The fourth-order valence-electron chi connectivity index (χ4n) is 2.32. The Hall–Kier alpha value is -0.130. The zero-order chi connectivity index (χ0) is 11.1. The Morgan fingerprint density at radius 1 is 1.47 bits per heavy atom. The van der Waals surface area contributed by atoms with Gasteiger partial charge in [0.25, 0.3) is 0 Å². The van der Waals surface area contributed by atoms with Gasteiger partial charge in [-0.05, 0) is 26.7 Å². The van der Waals surface area contributed by atoms with Gasteiger partial charge in [-0.1, -0.05) is 0 Å². The van der Waals surface area contributed by atoms with Crippen LogP contribution < -0.4 is 5.32 Å². The van der Waals surface area contributed by atoms with Crippen LogP contribution in [-0.2, 0) is 14.6 Å². The average molecular weight is 233 g/mol. The largest absolute Gasteiger partial charge is 0.361 e. The lowest BCUT2D eigenvalue weighted by atomic mass is 10.1. The van der Waals surface area contributed by atoms with Crippen molar-refractivity contribution in [3.8, 4) is 0 Å². The summed E-state index contributed by atoms with van der Waals surface area (Å²) in [6.45, 7) is 4.79. The average Bonchev–Trinajstić information content (AvgIpc) is 2.57. The van der Waals surface area contributed by atoms with Gasteiger partial charge in [0.2, 0.25) is 0 Å². The number of hydrogen-bond donors (Lipinski definition) is 1. The summed E-state index contributed by atoms with van der Waals surface area (Å²) in [6.07, 6.45) is 2.12. The standard InChI is InChI=1S/C10H19NO3S/c1-10(2)7-14-9(11-10)6-8-4-3-5-15(8,12)13/h8-9,11H,3-7H2,1-2H3. The number of hydrogen-bond acceptors (Lipinski definition) is 4. The minimum absolute atomic E-state index is 0.0208. The van der Waals surface area contributed by atoms with E-state index in [0.29, 0.717) is 18.8 Å². The molecule has 0 amide bonds. The van der Waals surface area contributed by atoms with E-state index in [-0.39, 0.29) is 17.0 Å². The molecule has 0 aliphatic carbocycles. The Kier molecular flexibility index (Phi) is 2.81. The van der Waals surface area contributed by atoms with Crippen LogP contribution in [0.4, 0.5) is 0 Å². The third-order valence-corrected chi connectivity index (χ3v) is 5.44. The van der Waals surface area contributed by atoms with E-state index in [2.05, 4.69) is 19.2 Å². The van der Waals surface area contributed by atoms with E-state index in [1.807, 2.05) is 0 Å². The number of sulfone groups is 1. The molecule has 0 saturated carbocycles. The molecule has 0 bridgehead atoms. The first-order valence-corrected chi connectivity index (χ1v) is 7.21. The van der Waals surface area contributed by atoms with Crippen molar-refractivity contribution in [2.75, 3.05) is 12.4 Å². The molecule has 5 heteroatoms. The number of nitrogens with one attached hydrogen (secondary N) is 1. The van der Waals surface area contributed by atoms with Gasteiger partial charge in [0, 0.05) is 12.0 Å². The van der Waals surface area contributed by atoms with E-state index in [9.17, 15) is 8.42 Å². The van der Waals surface area contributed by atoms with E-state index in [4.69, 9.17) is 4.74 Å². The van der Waals surface area contributed by atoms with E-state index in [1.54, 1.807) is 0 Å². The van der Waals surface area contributed by atoms with Crippen LogP contribution in [0.3, 0.4) is 0 Å². The monoisotopic (exact) mass is 233 g/mol. The molecule has 2 atom stereocenters. The third-order valence-electron chi connectivity index (χ3n) is 3.14. The van der Waals surface area contributed by atoms with Crippen LogP contribution in [0.5, 0.6) is 0 Å². The molecule has 15 heavy (non-hydrogen) atoms. The summed E-state index contributed by atoms with van der Waals surface area (Å²) in [5.41, 5.74) is -0.0208. The molecule has 1 N–H and O–H groups in total. The van der Waals surface area contributed by atoms with Gasteiger partial charge in [-0.2, -0.15) is 0 Å². The highest BCUT2D eigenvalue weighted by Crippen LogP contribution is 2.26. The zero-order valence-electron chi connectivity index (χ0n) is 9.32. The van der Waals surface area contributed by atoms with E-state index in [0.717, 1.165) is 12.8 Å². The summed E-state index contributed by atoms with van der Waals surface area (Å²) in [7, 11) is -2.83. The second kappa shape index (κ2) is 3.71. The molecule has 2 unspecified atom stereocenters. The summed E-state index contributed by atoms with van der Waals surface area (Å²) in [4.78, 5) is 0. The van der Waals surface area contributed by atoms with Gasteiger partial charge in [0.05, 0.1) is 17.6 Å². The maximum atomic E-state index is 11.6. The van der Waals surface area contributed by atoms with Crippen molar-refractivity contribution in [2.24, 2.45) is 0 Å². The molecular weight excluding hydrogens is 214 g/mol. The maximum Gasteiger partial charge on any atom is 0.153 e. The normalized spacial score (nSPS) is 38.3. The first kappa shape index (κ1) is 11.4. The van der Waals surface area contributed by atoms with E-state index < -0.39 is 9.84 Å². The molecule has 2 fully saturated rings. The predicted octanol–water partition coefficient (Wildman–Crippen LogP) is 0.678. The number of ether oxygens (including phenoxy) is 1. The maximum absolute atomic E-state index is 11.6. The molecular formula is C10H19NO3S. The molecule has 2 rings (SSSR count). The molecule has 2 aliphatic heterocycles. The van der Waals surface area contributed by atoms with Gasteiger partial charge < -0.3 is 4.74 Å². The van der Waals surface area contributed by atoms with Crippen molar-refractivity contribution < 1.29 is 13.2 Å². The molecule has 4 nitrogen and oxygen atoms in total. The van der Waals surface area contributed by atoms with Crippen molar-refractivity contribution in [3.05, 3.63) is 0 Å². The van der Waals surface area contributed by atoms with Crippen LogP contribution in [0.15, 0.2) is 0 Å². The van der Waals surface area contributed by atoms with Crippen molar-refractivity contribution in [2.45, 2.75) is 50.1 Å². The topological polar surface area (TPSA) is 55.4 Å². The summed E-state index contributed by atoms with van der Waals surface area (Å²) < 4.78 is 28.8. The Morgan fingerprint density at radius 2 is 2.20 bits per heavy atom. The highest BCUT2D eigenvalue weighted by atomic mass is 32.2. The Morgan fingerprint density at radius 3 is 2.67 bits per heavy atom. The smallest absolute Gasteiger partial charge is 0.153 e. The Labute approximate surface area is 91.3 Å². The molecule has 0 radical (unpaired) electrons. The van der Waals surface area contributed by atoms with Crippen molar-refractivity contribution in [1.82, 2.24) is 5.32 Å². The first-order chi connectivity index (χ1) is 6.89. The van der Waals surface area contributed by atoms with Crippen molar-refractivity contribution in [3.63, 3.8) is 0 Å². The Bertz CT molecular complexity index is 337. The number of rotatable bonds is 2. The van der Waals surface area contributed by atoms with Gasteiger partial charge in [-0.3, -0.25) is 5.32 Å². The first-order valence-electron chi connectivity index (χ1n) is 5.50. The predicted molar refractivity (Wildman–Crippen MR) is 58.4 cm³/mol. The summed E-state index contributed by atoms with van der Waals surface area (Å²) in [6, 6.07) is 0. The fourth-order valence-corrected chi connectivity index (χ4v) is 4.21. The highest BCUT2D eigenvalue weighted by molar-refractivity contribution is 7.92. The fraction of sp³-hybridized carbons (Fsp3) is 1.00. The van der Waals surface area contributed by atoms with Gasteiger partial charge in [-0.25, -0.2) is 8.42 Å². The van der Waals surface area contributed by atoms with E-state index >= 15 is 0 Å². The molecule has 0 aromatic rings. The van der Waals surface area contributed by atoms with Crippen molar-refractivity contribution in [1.29, 1.82) is 0 Å². The van der Waals surface area contributed by atoms with Crippen LogP contribution in [0, 0.1) is 0 Å². The quantitative estimate of drug-likeness (QED) is 0.762. The van der Waals surface area contributed by atoms with Crippen LogP contribution in [0.25, 0.3) is 0 Å². The highest BCUT2D eigenvalue weighted by Gasteiger charge is 2.37. The summed E-state index contributed by atoms with van der Waals surface area (Å²) in [5, 5.41) is 3.12. The lowest BCUT2D eigenvalue weighted by Gasteiger charge is -2.18. The molecule has 2 heterocycles. The van der Waals surface area contributed by atoms with Crippen molar-refractivity contribution >= 4 is 9.84 Å². The summed E-state index contributed by atoms with van der Waals surface area (Å²) >= 11 is 0. The summed E-state index contributed by atoms with van der Waals surface area (Å²) in [5.74, 6) is 0.355. The molecule has 2 saturated heterocycles. The molecule has 2 aliphatic rings. The second-order valence-corrected chi connectivity index (χ2v) is 7.60. The van der Waals surface area contributed by atoms with Crippen LogP contribution >= 0.6 is 0 Å². The van der Waals surface area contributed by atoms with Gasteiger partial charge in [0.15, 0.2) is 9.84 Å². The van der Waals surface area contributed by atoms with E-state index in [1.165, 1.54) is 0 Å². The molecule has 0 aromatic carbocycles. The lowest BCUT2D eigenvalue weighted by Crippen LogP contribution is -2.40. The minimum atomic E-state index is -2.83. The zero-order valence-corrected chi connectivity index (χ0v) is 10.1. The van der Waals surface area contributed by atoms with Gasteiger partial charge in [0.1, 0.15) is 6.23 Å². The SMILES string of the molecule is CC1(C)COC(CC2CCCS2(=O)=O)N1. The second-order valence-electron chi connectivity index (χ2n) is 5.19. The minimum Gasteiger partial charge on any atom is -0.361 e. The molecule has 0 aromatic heterocycles. The third kappa shape index (κ3) is 2.52. The van der Waals surface area contributed by atoms with Gasteiger partial charge in [-0.15, -0.1) is 0 Å².